The third-order valence-corrected chi connectivity index (χ3v) is 4.51. The van der Waals surface area contributed by atoms with Gasteiger partial charge in [0, 0.05) is 33.2 Å². The summed E-state index contributed by atoms with van der Waals surface area (Å²) in [5.41, 5.74) is 0. The zero-order valence-electron chi connectivity index (χ0n) is 14.2. The van der Waals surface area contributed by atoms with Crippen LogP contribution in [0, 0.1) is 5.92 Å². The highest BCUT2D eigenvalue weighted by atomic mass is 127. The number of halogens is 1. The van der Waals surface area contributed by atoms with Gasteiger partial charge in [0.15, 0.2) is 5.96 Å². The molecule has 1 saturated carbocycles. The van der Waals surface area contributed by atoms with Crippen molar-refractivity contribution in [2.24, 2.45) is 10.9 Å². The van der Waals surface area contributed by atoms with Gasteiger partial charge in [-0.3, -0.25) is 4.79 Å². The van der Waals surface area contributed by atoms with Gasteiger partial charge in [-0.2, -0.15) is 0 Å². The van der Waals surface area contributed by atoms with Crippen molar-refractivity contribution in [2.45, 2.75) is 51.5 Å². The summed E-state index contributed by atoms with van der Waals surface area (Å²) in [6.45, 7) is 4.64. The van der Waals surface area contributed by atoms with Crippen molar-refractivity contribution in [3.05, 3.63) is 0 Å². The van der Waals surface area contributed by atoms with E-state index in [1.54, 1.807) is 19.0 Å². The quantitative estimate of drug-likeness (QED) is 0.432. The second-order valence-electron chi connectivity index (χ2n) is 6.75. The van der Waals surface area contributed by atoms with Gasteiger partial charge in [0.1, 0.15) is 6.54 Å². The van der Waals surface area contributed by atoms with Crippen molar-refractivity contribution in [2.75, 3.05) is 33.7 Å². The first kappa shape index (κ1) is 19.5. The Morgan fingerprint density at radius 3 is 2.50 bits per heavy atom. The predicted molar refractivity (Wildman–Crippen MR) is 102 cm³/mol. The lowest BCUT2D eigenvalue weighted by atomic mass is 10.0. The van der Waals surface area contributed by atoms with E-state index in [0.717, 1.165) is 19.0 Å². The highest BCUT2D eigenvalue weighted by Gasteiger charge is 2.23. The number of likely N-dealkylation sites (N-methyl/N-ethyl adjacent to an activating group) is 1. The molecule has 0 bridgehead atoms. The topological polar surface area (TPSA) is 47.9 Å². The van der Waals surface area contributed by atoms with E-state index in [4.69, 9.17) is 0 Å². The van der Waals surface area contributed by atoms with E-state index in [2.05, 4.69) is 22.1 Å². The molecule has 0 spiro atoms. The molecule has 1 heterocycles. The third-order valence-electron chi connectivity index (χ3n) is 4.51. The van der Waals surface area contributed by atoms with Crippen molar-refractivity contribution in [1.82, 2.24) is 15.1 Å². The number of likely N-dealkylation sites (tertiary alicyclic amines) is 1. The molecule has 2 aliphatic rings. The second-order valence-corrected chi connectivity index (χ2v) is 6.75. The third kappa shape index (κ3) is 5.93. The Morgan fingerprint density at radius 2 is 1.91 bits per heavy atom. The summed E-state index contributed by atoms with van der Waals surface area (Å²) < 4.78 is 0. The van der Waals surface area contributed by atoms with Crippen molar-refractivity contribution >= 4 is 35.8 Å². The molecule has 1 aliphatic carbocycles. The molecule has 1 amide bonds. The second kappa shape index (κ2) is 9.57. The van der Waals surface area contributed by atoms with E-state index in [-0.39, 0.29) is 36.4 Å². The monoisotopic (exact) mass is 422 g/mol. The maximum atomic E-state index is 11.8. The largest absolute Gasteiger partial charge is 0.353 e. The molecule has 1 unspecified atom stereocenters. The lowest BCUT2D eigenvalue weighted by Gasteiger charge is -2.34. The van der Waals surface area contributed by atoms with Crippen LogP contribution in [0.15, 0.2) is 4.99 Å². The van der Waals surface area contributed by atoms with Crippen LogP contribution in [-0.2, 0) is 4.79 Å². The van der Waals surface area contributed by atoms with Crippen LogP contribution >= 0.6 is 24.0 Å². The van der Waals surface area contributed by atoms with E-state index in [0.29, 0.717) is 12.0 Å². The van der Waals surface area contributed by atoms with E-state index < -0.39 is 0 Å². The van der Waals surface area contributed by atoms with Crippen molar-refractivity contribution < 1.29 is 4.79 Å². The summed E-state index contributed by atoms with van der Waals surface area (Å²) in [6, 6.07) is 0.537. The maximum absolute atomic E-state index is 11.8. The number of rotatable bonds is 3. The van der Waals surface area contributed by atoms with Gasteiger partial charge in [0.25, 0.3) is 0 Å². The Kier molecular flexibility index (Phi) is 8.49. The highest BCUT2D eigenvalue weighted by Crippen LogP contribution is 2.20. The molecule has 1 aliphatic heterocycles. The van der Waals surface area contributed by atoms with Gasteiger partial charge >= 0.3 is 0 Å². The molecule has 0 aromatic rings. The zero-order chi connectivity index (χ0) is 15.2. The minimum absolute atomic E-state index is 0. The number of nitrogens with zero attached hydrogens (tertiary/aromatic N) is 3. The molecular formula is C16H31IN4O. The average molecular weight is 422 g/mol. The van der Waals surface area contributed by atoms with Crippen LogP contribution in [0.3, 0.4) is 0 Å². The number of piperidine rings is 1. The van der Waals surface area contributed by atoms with E-state index in [1.807, 2.05) is 0 Å². The smallest absolute Gasteiger partial charge is 0.243 e. The molecule has 2 fully saturated rings. The summed E-state index contributed by atoms with van der Waals surface area (Å²) in [5, 5.41) is 3.61. The number of carbonyl (C=O) groups excluding carboxylic acids is 1. The van der Waals surface area contributed by atoms with Crippen LogP contribution in [0.4, 0.5) is 0 Å². The molecule has 1 N–H and O–H groups in total. The number of guanidine groups is 1. The molecule has 0 radical (unpaired) electrons. The van der Waals surface area contributed by atoms with Gasteiger partial charge in [0.05, 0.1) is 0 Å². The SMILES string of the molecule is CC1CCCN(C(=NCC(=O)N(C)C)NC2CCCC2)C1.I. The van der Waals surface area contributed by atoms with Gasteiger partial charge in [-0.15, -0.1) is 24.0 Å². The number of carbonyl (C=O) groups is 1. The summed E-state index contributed by atoms with van der Waals surface area (Å²) in [5.74, 6) is 1.72. The average Bonchev–Trinajstić information content (AvgIpc) is 2.95. The van der Waals surface area contributed by atoms with Crippen LogP contribution in [0.5, 0.6) is 0 Å². The Balaban J connectivity index is 0.00000242. The first-order valence-electron chi connectivity index (χ1n) is 8.32. The fourth-order valence-electron chi connectivity index (χ4n) is 3.16. The van der Waals surface area contributed by atoms with Crippen molar-refractivity contribution in [3.63, 3.8) is 0 Å². The molecule has 0 aromatic carbocycles. The molecule has 0 aromatic heterocycles. The number of amides is 1. The summed E-state index contributed by atoms with van der Waals surface area (Å²) in [6.07, 6.45) is 7.57. The van der Waals surface area contributed by atoms with Gasteiger partial charge < -0.3 is 15.1 Å². The Bertz CT molecular complexity index is 380. The number of nitrogens with one attached hydrogen (secondary N) is 1. The standard InChI is InChI=1S/C16H30N4O.HI/c1-13-7-6-10-20(12-13)16(17-11-15(21)19(2)3)18-14-8-4-5-9-14;/h13-14H,4-12H2,1-3H3,(H,17,18);1H. The fourth-order valence-corrected chi connectivity index (χ4v) is 3.16. The molecule has 6 heteroatoms. The van der Waals surface area contributed by atoms with Crippen LogP contribution in [0.1, 0.15) is 45.4 Å². The first-order valence-corrected chi connectivity index (χ1v) is 8.32. The Morgan fingerprint density at radius 1 is 1.23 bits per heavy atom. The molecule has 128 valence electrons. The molecular weight excluding hydrogens is 391 g/mol. The van der Waals surface area contributed by atoms with Crippen molar-refractivity contribution in [1.29, 1.82) is 0 Å². The van der Waals surface area contributed by atoms with Crippen LogP contribution in [0.25, 0.3) is 0 Å². The normalized spacial score (nSPS) is 23.1. The van der Waals surface area contributed by atoms with Crippen LogP contribution in [-0.4, -0.2) is 61.4 Å². The Hall–Kier alpha value is -0.530. The number of hydrogen-bond donors (Lipinski definition) is 1. The predicted octanol–water partition coefficient (Wildman–Crippen LogP) is 2.31. The lowest BCUT2D eigenvalue weighted by molar-refractivity contribution is -0.127. The van der Waals surface area contributed by atoms with Crippen molar-refractivity contribution in [3.8, 4) is 0 Å². The number of hydrogen-bond acceptors (Lipinski definition) is 2. The minimum Gasteiger partial charge on any atom is -0.353 e. The van der Waals surface area contributed by atoms with E-state index >= 15 is 0 Å². The first-order chi connectivity index (χ1) is 10.1. The summed E-state index contributed by atoms with van der Waals surface area (Å²) in [7, 11) is 3.57. The van der Waals surface area contributed by atoms with Crippen LogP contribution < -0.4 is 5.32 Å². The van der Waals surface area contributed by atoms with E-state index in [1.165, 1.54) is 38.5 Å². The summed E-state index contributed by atoms with van der Waals surface area (Å²) >= 11 is 0. The number of aliphatic imine (C=N–C) groups is 1. The van der Waals surface area contributed by atoms with E-state index in [9.17, 15) is 4.79 Å². The molecule has 1 saturated heterocycles. The van der Waals surface area contributed by atoms with Crippen LogP contribution in [0.2, 0.25) is 0 Å². The zero-order valence-corrected chi connectivity index (χ0v) is 16.5. The minimum atomic E-state index is 0. The molecule has 22 heavy (non-hydrogen) atoms. The maximum Gasteiger partial charge on any atom is 0.243 e. The summed E-state index contributed by atoms with van der Waals surface area (Å²) in [4.78, 5) is 20.4. The highest BCUT2D eigenvalue weighted by molar-refractivity contribution is 14.0. The van der Waals surface area contributed by atoms with Gasteiger partial charge in [-0.1, -0.05) is 19.8 Å². The molecule has 2 rings (SSSR count). The lowest BCUT2D eigenvalue weighted by Crippen LogP contribution is -2.49. The Labute approximate surface area is 151 Å². The van der Waals surface area contributed by atoms with Gasteiger partial charge in [0.2, 0.25) is 5.91 Å². The fraction of sp³-hybridized carbons (Fsp3) is 0.875. The molecule has 1 atom stereocenters. The molecule has 5 nitrogen and oxygen atoms in total. The van der Waals surface area contributed by atoms with Gasteiger partial charge in [-0.05, 0) is 31.6 Å². The van der Waals surface area contributed by atoms with Gasteiger partial charge in [-0.25, -0.2) is 4.99 Å².